The standard InChI is InChI=1S/C15H20FN3O3/c1-9(11-6-12(16)8-17-7-11)18-15(22)19-13-4-2-10(3-5-13)14(20)21/h6-10,13H,2-5H2,1H3,(H,20,21)(H2,18,19,22)/t9-,10?,13?/m0/s1. The number of aromatic nitrogens is 1. The summed E-state index contributed by atoms with van der Waals surface area (Å²) < 4.78 is 13.1. The zero-order valence-electron chi connectivity index (χ0n) is 12.4. The molecule has 2 rings (SSSR count). The summed E-state index contributed by atoms with van der Waals surface area (Å²) in [6, 6.07) is 0.609. The molecule has 0 aliphatic heterocycles. The predicted molar refractivity (Wildman–Crippen MR) is 77.7 cm³/mol. The van der Waals surface area contributed by atoms with Crippen molar-refractivity contribution in [2.24, 2.45) is 5.92 Å². The average molecular weight is 309 g/mol. The summed E-state index contributed by atoms with van der Waals surface area (Å²) in [6.07, 6.45) is 5.07. The van der Waals surface area contributed by atoms with E-state index in [-0.39, 0.29) is 24.0 Å². The first-order chi connectivity index (χ1) is 10.5. The molecule has 0 bridgehead atoms. The van der Waals surface area contributed by atoms with Gasteiger partial charge in [-0.2, -0.15) is 0 Å². The van der Waals surface area contributed by atoms with Gasteiger partial charge in [-0.25, -0.2) is 9.18 Å². The van der Waals surface area contributed by atoms with Crippen LogP contribution in [0.3, 0.4) is 0 Å². The zero-order chi connectivity index (χ0) is 16.1. The van der Waals surface area contributed by atoms with Gasteiger partial charge in [0.25, 0.3) is 0 Å². The molecule has 1 fully saturated rings. The van der Waals surface area contributed by atoms with Crippen LogP contribution in [0, 0.1) is 11.7 Å². The number of hydrogen-bond donors (Lipinski definition) is 3. The average Bonchev–Trinajstić information content (AvgIpc) is 2.47. The molecule has 7 heteroatoms. The summed E-state index contributed by atoms with van der Waals surface area (Å²) in [5, 5.41) is 14.5. The van der Waals surface area contributed by atoms with E-state index in [9.17, 15) is 14.0 Å². The minimum Gasteiger partial charge on any atom is -0.481 e. The monoisotopic (exact) mass is 309 g/mol. The van der Waals surface area contributed by atoms with E-state index in [4.69, 9.17) is 5.11 Å². The van der Waals surface area contributed by atoms with Crippen LogP contribution in [0.2, 0.25) is 0 Å². The summed E-state index contributed by atoms with van der Waals surface area (Å²) in [5.41, 5.74) is 0.588. The Hall–Kier alpha value is -2.18. The Morgan fingerprint density at radius 1 is 1.32 bits per heavy atom. The van der Waals surface area contributed by atoms with Gasteiger partial charge in [0, 0.05) is 12.2 Å². The Labute approximate surface area is 128 Å². The minimum absolute atomic E-state index is 0.0200. The van der Waals surface area contributed by atoms with Crippen molar-refractivity contribution in [3.8, 4) is 0 Å². The Morgan fingerprint density at radius 2 is 2.00 bits per heavy atom. The fourth-order valence-corrected chi connectivity index (χ4v) is 2.66. The topological polar surface area (TPSA) is 91.3 Å². The molecule has 1 heterocycles. The molecule has 22 heavy (non-hydrogen) atoms. The van der Waals surface area contributed by atoms with Gasteiger partial charge in [0.05, 0.1) is 18.2 Å². The van der Waals surface area contributed by atoms with Crippen LogP contribution in [0.4, 0.5) is 9.18 Å². The lowest BCUT2D eigenvalue weighted by molar-refractivity contribution is -0.142. The molecule has 0 aromatic carbocycles. The number of carbonyl (C=O) groups is 2. The quantitative estimate of drug-likeness (QED) is 0.795. The van der Waals surface area contributed by atoms with E-state index in [0.717, 1.165) is 6.20 Å². The van der Waals surface area contributed by atoms with E-state index in [0.29, 0.717) is 31.2 Å². The smallest absolute Gasteiger partial charge is 0.315 e. The SMILES string of the molecule is C[C@H](NC(=O)NC1CCC(C(=O)O)CC1)c1cncc(F)c1. The van der Waals surface area contributed by atoms with Crippen molar-refractivity contribution in [2.75, 3.05) is 0 Å². The summed E-state index contributed by atoms with van der Waals surface area (Å²) in [6.45, 7) is 1.75. The Bertz CT molecular complexity index is 545. The molecule has 1 aromatic heterocycles. The lowest BCUT2D eigenvalue weighted by atomic mass is 9.86. The zero-order valence-corrected chi connectivity index (χ0v) is 12.4. The Kier molecular flexibility index (Phi) is 5.30. The van der Waals surface area contributed by atoms with Gasteiger partial charge in [-0.15, -0.1) is 0 Å². The second kappa shape index (κ2) is 7.20. The number of amides is 2. The first kappa shape index (κ1) is 16.2. The normalized spacial score (nSPS) is 22.6. The van der Waals surface area contributed by atoms with Gasteiger partial charge >= 0.3 is 12.0 Å². The number of aliphatic carboxylic acids is 1. The van der Waals surface area contributed by atoms with Crippen LogP contribution in [0.1, 0.15) is 44.2 Å². The van der Waals surface area contributed by atoms with Crippen molar-refractivity contribution in [1.29, 1.82) is 0 Å². The Balaban J connectivity index is 1.80. The molecular weight excluding hydrogens is 289 g/mol. The molecule has 1 saturated carbocycles. The summed E-state index contributed by atoms with van der Waals surface area (Å²) >= 11 is 0. The maximum Gasteiger partial charge on any atom is 0.315 e. The lowest BCUT2D eigenvalue weighted by Gasteiger charge is -2.27. The molecule has 6 nitrogen and oxygen atoms in total. The van der Waals surface area contributed by atoms with E-state index in [1.54, 1.807) is 6.92 Å². The number of nitrogens with zero attached hydrogens (tertiary/aromatic N) is 1. The fourth-order valence-electron chi connectivity index (χ4n) is 2.66. The second-order valence-electron chi connectivity index (χ2n) is 5.66. The summed E-state index contributed by atoms with van der Waals surface area (Å²) in [7, 11) is 0. The van der Waals surface area contributed by atoms with Crippen LogP contribution in [-0.4, -0.2) is 28.1 Å². The minimum atomic E-state index is -0.768. The van der Waals surface area contributed by atoms with Crippen LogP contribution in [0.15, 0.2) is 18.5 Å². The summed E-state index contributed by atoms with van der Waals surface area (Å²) in [5.74, 6) is -1.52. The number of pyridine rings is 1. The lowest BCUT2D eigenvalue weighted by Crippen LogP contribution is -2.44. The van der Waals surface area contributed by atoms with Gasteiger partial charge in [-0.05, 0) is 44.2 Å². The van der Waals surface area contributed by atoms with Gasteiger partial charge in [0.15, 0.2) is 0 Å². The third-order valence-corrected chi connectivity index (χ3v) is 3.99. The van der Waals surface area contributed by atoms with E-state index in [2.05, 4.69) is 15.6 Å². The first-order valence-electron chi connectivity index (χ1n) is 7.36. The van der Waals surface area contributed by atoms with Crippen LogP contribution >= 0.6 is 0 Å². The molecule has 0 radical (unpaired) electrons. The third-order valence-electron chi connectivity index (χ3n) is 3.99. The van der Waals surface area contributed by atoms with Crippen LogP contribution in [0.25, 0.3) is 0 Å². The van der Waals surface area contributed by atoms with Crippen LogP contribution in [0.5, 0.6) is 0 Å². The molecule has 120 valence electrons. The number of nitrogens with one attached hydrogen (secondary N) is 2. The molecule has 1 aliphatic rings. The van der Waals surface area contributed by atoms with Gasteiger partial charge < -0.3 is 15.7 Å². The molecule has 3 N–H and O–H groups in total. The third kappa shape index (κ3) is 4.41. The molecule has 1 aromatic rings. The fraction of sp³-hybridized carbons (Fsp3) is 0.533. The van der Waals surface area contributed by atoms with Crippen molar-refractivity contribution < 1.29 is 19.1 Å². The van der Waals surface area contributed by atoms with Gasteiger partial charge in [0.2, 0.25) is 0 Å². The van der Waals surface area contributed by atoms with Crippen molar-refractivity contribution in [2.45, 2.75) is 44.7 Å². The molecule has 2 amide bonds. The second-order valence-corrected chi connectivity index (χ2v) is 5.66. The van der Waals surface area contributed by atoms with Crippen molar-refractivity contribution in [1.82, 2.24) is 15.6 Å². The first-order valence-corrected chi connectivity index (χ1v) is 7.36. The number of carboxylic acids is 1. The van der Waals surface area contributed by atoms with Gasteiger partial charge in [0.1, 0.15) is 5.82 Å². The summed E-state index contributed by atoms with van der Waals surface area (Å²) in [4.78, 5) is 26.6. The van der Waals surface area contributed by atoms with E-state index < -0.39 is 11.8 Å². The van der Waals surface area contributed by atoms with E-state index >= 15 is 0 Å². The van der Waals surface area contributed by atoms with E-state index in [1.165, 1.54) is 12.3 Å². The number of halogens is 1. The molecule has 0 spiro atoms. The predicted octanol–water partition coefficient (Wildman–Crippen LogP) is 2.22. The molecule has 1 aliphatic carbocycles. The van der Waals surface area contributed by atoms with Crippen LogP contribution < -0.4 is 10.6 Å². The van der Waals surface area contributed by atoms with Crippen molar-refractivity contribution >= 4 is 12.0 Å². The highest BCUT2D eigenvalue weighted by molar-refractivity contribution is 5.75. The Morgan fingerprint density at radius 3 is 2.59 bits per heavy atom. The maximum absolute atomic E-state index is 13.1. The maximum atomic E-state index is 13.1. The number of urea groups is 1. The number of hydrogen-bond acceptors (Lipinski definition) is 3. The van der Waals surface area contributed by atoms with E-state index in [1.807, 2.05) is 0 Å². The molecule has 0 unspecified atom stereocenters. The highest BCUT2D eigenvalue weighted by atomic mass is 19.1. The largest absolute Gasteiger partial charge is 0.481 e. The molecule has 0 saturated heterocycles. The highest BCUT2D eigenvalue weighted by Crippen LogP contribution is 2.24. The molecular formula is C15H20FN3O3. The number of carboxylic acid groups (broad SMARTS) is 1. The van der Waals surface area contributed by atoms with Crippen LogP contribution in [-0.2, 0) is 4.79 Å². The number of carbonyl (C=O) groups excluding carboxylic acids is 1. The van der Waals surface area contributed by atoms with Gasteiger partial charge in [-0.3, -0.25) is 9.78 Å². The van der Waals surface area contributed by atoms with Gasteiger partial charge in [-0.1, -0.05) is 0 Å². The number of rotatable bonds is 4. The highest BCUT2D eigenvalue weighted by Gasteiger charge is 2.26. The van der Waals surface area contributed by atoms with Crippen molar-refractivity contribution in [3.05, 3.63) is 29.8 Å². The molecule has 1 atom stereocenters. The van der Waals surface area contributed by atoms with Crippen molar-refractivity contribution in [3.63, 3.8) is 0 Å².